The molecule has 1 atom stereocenters. The van der Waals surface area contributed by atoms with Crippen LogP contribution in [0.1, 0.15) is 37.2 Å². The van der Waals surface area contributed by atoms with E-state index in [4.69, 9.17) is 10.5 Å². The van der Waals surface area contributed by atoms with E-state index >= 15 is 0 Å². The Labute approximate surface area is 154 Å². The van der Waals surface area contributed by atoms with Gasteiger partial charge in [0, 0.05) is 38.5 Å². The number of piperidine rings is 1. The normalized spacial score (nSPS) is 25.7. The van der Waals surface area contributed by atoms with Crippen molar-refractivity contribution < 1.29 is 14.3 Å². The van der Waals surface area contributed by atoms with Crippen LogP contribution in [0.2, 0.25) is 0 Å². The van der Waals surface area contributed by atoms with Gasteiger partial charge in [-0.1, -0.05) is 18.2 Å². The summed E-state index contributed by atoms with van der Waals surface area (Å²) in [5.41, 5.74) is 7.57. The summed E-state index contributed by atoms with van der Waals surface area (Å²) >= 11 is 0. The summed E-state index contributed by atoms with van der Waals surface area (Å²) < 4.78 is 5.42. The number of ether oxygens (including phenoxy) is 1. The molecule has 0 aliphatic carbocycles. The highest BCUT2D eigenvalue weighted by atomic mass is 16.5. The molecule has 3 heterocycles. The Morgan fingerprint density at radius 3 is 2.62 bits per heavy atom. The summed E-state index contributed by atoms with van der Waals surface area (Å²) in [6.07, 6.45) is 3.13. The van der Waals surface area contributed by atoms with Crippen molar-refractivity contribution in [2.75, 3.05) is 38.2 Å². The van der Waals surface area contributed by atoms with E-state index in [9.17, 15) is 9.59 Å². The number of nitrogens with two attached hydrogens (primary N) is 1. The molecule has 2 amide bonds. The molecule has 0 radical (unpaired) electrons. The molecular weight excluding hydrogens is 330 g/mol. The standard InChI is InChI=1S/C20H27N3O3/c21-13-20(7-11-26-12-8-20)19(25)23-9-5-14(6-10-23)17-15-3-1-2-4-16(15)22-18(17)24/h1-4,14,17H,5-13,21H2,(H,22,24). The maximum Gasteiger partial charge on any atom is 0.232 e. The molecular formula is C20H27N3O3. The number of anilines is 1. The molecule has 1 unspecified atom stereocenters. The first kappa shape index (κ1) is 17.5. The van der Waals surface area contributed by atoms with Crippen LogP contribution in [0.15, 0.2) is 24.3 Å². The fourth-order valence-corrected chi connectivity index (χ4v) is 4.74. The number of carbonyl (C=O) groups excluding carboxylic acids is 2. The van der Waals surface area contributed by atoms with Crippen molar-refractivity contribution in [2.24, 2.45) is 17.1 Å². The van der Waals surface area contributed by atoms with E-state index in [-0.39, 0.29) is 23.7 Å². The number of fused-ring (bicyclic) bond motifs is 1. The second kappa shape index (κ2) is 7.00. The molecule has 2 saturated heterocycles. The Morgan fingerprint density at radius 1 is 1.23 bits per heavy atom. The number of rotatable bonds is 3. The maximum atomic E-state index is 13.1. The molecule has 0 saturated carbocycles. The summed E-state index contributed by atoms with van der Waals surface area (Å²) in [6, 6.07) is 7.94. The number of hydrogen-bond donors (Lipinski definition) is 2. The lowest BCUT2D eigenvalue weighted by Crippen LogP contribution is -2.53. The third-order valence-corrected chi connectivity index (χ3v) is 6.43. The van der Waals surface area contributed by atoms with Crippen molar-refractivity contribution >= 4 is 17.5 Å². The van der Waals surface area contributed by atoms with Crippen LogP contribution in [0.5, 0.6) is 0 Å². The molecule has 0 bridgehead atoms. The molecule has 4 rings (SSSR count). The fraction of sp³-hybridized carbons (Fsp3) is 0.600. The van der Waals surface area contributed by atoms with Gasteiger partial charge in [-0.25, -0.2) is 0 Å². The summed E-state index contributed by atoms with van der Waals surface area (Å²) in [4.78, 5) is 27.5. The highest BCUT2D eigenvalue weighted by Crippen LogP contribution is 2.42. The lowest BCUT2D eigenvalue weighted by molar-refractivity contribution is -0.148. The summed E-state index contributed by atoms with van der Waals surface area (Å²) in [6.45, 7) is 3.01. The summed E-state index contributed by atoms with van der Waals surface area (Å²) in [7, 11) is 0. The zero-order valence-corrected chi connectivity index (χ0v) is 15.1. The smallest absolute Gasteiger partial charge is 0.232 e. The van der Waals surface area contributed by atoms with Gasteiger partial charge in [-0.2, -0.15) is 0 Å². The number of nitrogens with zero attached hydrogens (tertiary/aromatic N) is 1. The van der Waals surface area contributed by atoms with Crippen molar-refractivity contribution in [2.45, 2.75) is 31.6 Å². The Morgan fingerprint density at radius 2 is 1.92 bits per heavy atom. The van der Waals surface area contributed by atoms with Crippen LogP contribution in [-0.2, 0) is 14.3 Å². The van der Waals surface area contributed by atoms with E-state index in [0.717, 1.165) is 24.1 Å². The quantitative estimate of drug-likeness (QED) is 0.863. The molecule has 3 N–H and O–H groups in total. The van der Waals surface area contributed by atoms with E-state index in [1.807, 2.05) is 29.2 Å². The van der Waals surface area contributed by atoms with Gasteiger partial charge in [-0.15, -0.1) is 0 Å². The van der Waals surface area contributed by atoms with Crippen molar-refractivity contribution in [3.8, 4) is 0 Å². The van der Waals surface area contributed by atoms with E-state index < -0.39 is 5.41 Å². The van der Waals surface area contributed by atoms with E-state index in [1.165, 1.54) is 0 Å². The zero-order chi connectivity index (χ0) is 18.1. The second-order valence-electron chi connectivity index (χ2n) is 7.78. The minimum absolute atomic E-state index is 0.0880. The topological polar surface area (TPSA) is 84.7 Å². The molecule has 0 aromatic heterocycles. The molecule has 1 aromatic carbocycles. The molecule has 2 fully saturated rings. The fourth-order valence-electron chi connectivity index (χ4n) is 4.74. The lowest BCUT2D eigenvalue weighted by Gasteiger charge is -2.42. The van der Waals surface area contributed by atoms with Crippen molar-refractivity contribution in [3.05, 3.63) is 29.8 Å². The largest absolute Gasteiger partial charge is 0.381 e. The number of likely N-dealkylation sites (tertiary alicyclic amines) is 1. The number of nitrogens with one attached hydrogen (secondary N) is 1. The highest BCUT2D eigenvalue weighted by Gasteiger charge is 2.44. The first-order valence-corrected chi connectivity index (χ1v) is 9.62. The monoisotopic (exact) mass is 357 g/mol. The van der Waals surface area contributed by atoms with Crippen molar-refractivity contribution in [1.82, 2.24) is 4.90 Å². The molecule has 0 spiro atoms. The number of hydrogen-bond acceptors (Lipinski definition) is 4. The maximum absolute atomic E-state index is 13.1. The Hall–Kier alpha value is -1.92. The predicted molar refractivity (Wildman–Crippen MR) is 98.7 cm³/mol. The number of amides is 2. The van der Waals surface area contributed by atoms with Gasteiger partial charge >= 0.3 is 0 Å². The third kappa shape index (κ3) is 2.91. The predicted octanol–water partition coefficient (Wildman–Crippen LogP) is 1.72. The number of carbonyl (C=O) groups is 2. The van der Waals surface area contributed by atoms with Crippen molar-refractivity contribution in [3.63, 3.8) is 0 Å². The van der Waals surface area contributed by atoms with Crippen LogP contribution < -0.4 is 11.1 Å². The number of benzene rings is 1. The molecule has 26 heavy (non-hydrogen) atoms. The van der Waals surface area contributed by atoms with Crippen LogP contribution in [0.4, 0.5) is 5.69 Å². The van der Waals surface area contributed by atoms with E-state index in [1.54, 1.807) is 0 Å². The van der Waals surface area contributed by atoms with Gasteiger partial charge in [0.1, 0.15) is 0 Å². The minimum atomic E-state index is -0.456. The molecule has 6 nitrogen and oxygen atoms in total. The summed E-state index contributed by atoms with van der Waals surface area (Å²) in [5, 5.41) is 3.00. The Bertz CT molecular complexity index is 691. The first-order valence-electron chi connectivity index (χ1n) is 9.62. The SMILES string of the molecule is NCC1(C(=O)N2CCC(C3C(=O)Nc4ccccc43)CC2)CCOCC1. The molecule has 6 heteroatoms. The van der Waals surface area contributed by atoms with Gasteiger partial charge in [-0.05, 0) is 43.2 Å². The van der Waals surface area contributed by atoms with Crippen LogP contribution in [0, 0.1) is 11.3 Å². The average molecular weight is 357 g/mol. The average Bonchev–Trinajstić information content (AvgIpc) is 3.03. The van der Waals surface area contributed by atoms with Gasteiger partial charge in [0.15, 0.2) is 0 Å². The highest BCUT2D eigenvalue weighted by molar-refractivity contribution is 6.03. The first-order chi connectivity index (χ1) is 12.6. The minimum Gasteiger partial charge on any atom is -0.381 e. The van der Waals surface area contributed by atoms with Crippen LogP contribution in [0.3, 0.4) is 0 Å². The Kier molecular flexibility index (Phi) is 4.71. The van der Waals surface area contributed by atoms with Gasteiger partial charge in [0.05, 0.1) is 11.3 Å². The van der Waals surface area contributed by atoms with Gasteiger partial charge in [0.2, 0.25) is 11.8 Å². The van der Waals surface area contributed by atoms with Crippen LogP contribution in [0.25, 0.3) is 0 Å². The third-order valence-electron chi connectivity index (χ3n) is 6.43. The van der Waals surface area contributed by atoms with Gasteiger partial charge in [0.25, 0.3) is 0 Å². The van der Waals surface area contributed by atoms with Crippen molar-refractivity contribution in [1.29, 1.82) is 0 Å². The Balaban J connectivity index is 1.43. The van der Waals surface area contributed by atoms with Crippen LogP contribution >= 0.6 is 0 Å². The van der Waals surface area contributed by atoms with E-state index in [0.29, 0.717) is 45.7 Å². The molecule has 3 aliphatic rings. The van der Waals surface area contributed by atoms with Gasteiger partial charge in [-0.3, -0.25) is 9.59 Å². The molecule has 1 aromatic rings. The van der Waals surface area contributed by atoms with Gasteiger partial charge < -0.3 is 20.7 Å². The molecule has 3 aliphatic heterocycles. The molecule has 140 valence electrons. The van der Waals surface area contributed by atoms with Crippen LogP contribution in [-0.4, -0.2) is 49.6 Å². The second-order valence-corrected chi connectivity index (χ2v) is 7.78. The summed E-state index contributed by atoms with van der Waals surface area (Å²) in [5.74, 6) is 0.470. The number of para-hydroxylation sites is 1. The lowest BCUT2D eigenvalue weighted by atomic mass is 9.77. The van der Waals surface area contributed by atoms with E-state index in [2.05, 4.69) is 5.32 Å². The zero-order valence-electron chi connectivity index (χ0n) is 15.1.